The summed E-state index contributed by atoms with van der Waals surface area (Å²) in [5, 5.41) is 1.74. The number of amides is 1. The van der Waals surface area contributed by atoms with Crippen LogP contribution in [0.2, 0.25) is 0 Å². The minimum absolute atomic E-state index is 0.231. The second kappa shape index (κ2) is 3.01. The second-order valence-electron chi connectivity index (χ2n) is 2.59. The van der Waals surface area contributed by atoms with E-state index in [1.54, 1.807) is 12.1 Å². The molecule has 1 amide bonds. The Morgan fingerprint density at radius 2 is 2.50 bits per heavy atom. The summed E-state index contributed by atoms with van der Waals surface area (Å²) in [4.78, 5) is 11.0. The first-order valence-electron chi connectivity index (χ1n) is 3.79. The van der Waals surface area contributed by atoms with E-state index in [0.29, 0.717) is 12.5 Å². The second-order valence-corrected chi connectivity index (χ2v) is 2.59. The van der Waals surface area contributed by atoms with E-state index in [1.807, 2.05) is 0 Å². The topological polar surface area (TPSA) is 32.3 Å². The molecule has 3 nitrogen and oxygen atoms in total. The molecule has 0 radical (unpaired) electrons. The lowest BCUT2D eigenvalue weighted by Gasteiger charge is -2.21. The minimum Gasteiger partial charge on any atom is -0.275 e. The van der Waals surface area contributed by atoms with Gasteiger partial charge in [0.15, 0.2) is 0 Å². The Bertz CT molecular complexity index is 136. The Morgan fingerprint density at radius 3 is 2.90 bits per heavy atom. The molecule has 3 heteroatoms. The fourth-order valence-corrected chi connectivity index (χ4v) is 1.44. The van der Waals surface area contributed by atoms with Crippen molar-refractivity contribution < 1.29 is 4.79 Å². The molecule has 0 bridgehead atoms. The van der Waals surface area contributed by atoms with Gasteiger partial charge in [0.25, 0.3) is 0 Å². The summed E-state index contributed by atoms with van der Waals surface area (Å²) in [5.41, 5.74) is 2.90. The highest BCUT2D eigenvalue weighted by Crippen LogP contribution is 2.17. The van der Waals surface area contributed by atoms with Crippen LogP contribution in [0.3, 0.4) is 0 Å². The molecule has 0 aliphatic carbocycles. The Kier molecular flexibility index (Phi) is 2.27. The molecule has 10 heavy (non-hydrogen) atoms. The number of carbonyl (C=O) groups is 1. The van der Waals surface area contributed by atoms with Gasteiger partial charge >= 0.3 is 0 Å². The monoisotopic (exact) mass is 142 g/mol. The average Bonchev–Trinajstić information content (AvgIpc) is 2.30. The van der Waals surface area contributed by atoms with E-state index >= 15 is 0 Å². The zero-order chi connectivity index (χ0) is 7.56. The van der Waals surface area contributed by atoms with Gasteiger partial charge in [-0.25, -0.2) is 5.43 Å². The normalized spacial score (nSPS) is 26.0. The smallest absolute Gasteiger partial charge is 0.236 e. The van der Waals surface area contributed by atoms with Crippen molar-refractivity contribution in [1.29, 1.82) is 0 Å². The molecule has 1 fully saturated rings. The molecule has 1 heterocycles. The van der Waals surface area contributed by atoms with Gasteiger partial charge in [-0.15, -0.1) is 0 Å². The van der Waals surface area contributed by atoms with E-state index in [9.17, 15) is 4.79 Å². The summed E-state index contributed by atoms with van der Waals surface area (Å²) in [6.07, 6.45) is 2.77. The van der Waals surface area contributed by atoms with Crippen LogP contribution < -0.4 is 5.43 Å². The van der Waals surface area contributed by atoms with E-state index in [-0.39, 0.29) is 5.91 Å². The van der Waals surface area contributed by atoms with E-state index in [0.717, 1.165) is 12.8 Å². The number of rotatable bonds is 2. The number of hydrogen-bond donors (Lipinski definition) is 1. The molecule has 1 N–H and O–H groups in total. The molecule has 1 aliphatic heterocycles. The number of nitrogens with one attached hydrogen (secondary N) is 1. The van der Waals surface area contributed by atoms with Crippen LogP contribution in [0.25, 0.3) is 0 Å². The van der Waals surface area contributed by atoms with Crippen LogP contribution in [0.1, 0.15) is 26.2 Å². The highest BCUT2D eigenvalue weighted by Gasteiger charge is 2.28. The molecule has 1 aliphatic rings. The summed E-state index contributed by atoms with van der Waals surface area (Å²) in [6.45, 7) is 2.10. The summed E-state index contributed by atoms with van der Waals surface area (Å²) in [6, 6.07) is 0.428. The van der Waals surface area contributed by atoms with Crippen LogP contribution in [-0.2, 0) is 4.79 Å². The van der Waals surface area contributed by atoms with Crippen LogP contribution in [0.4, 0.5) is 0 Å². The molecule has 0 aromatic heterocycles. The van der Waals surface area contributed by atoms with Crippen LogP contribution in [0.5, 0.6) is 0 Å². The van der Waals surface area contributed by atoms with E-state index < -0.39 is 0 Å². The first-order valence-corrected chi connectivity index (χ1v) is 3.79. The number of hydrogen-bond acceptors (Lipinski definition) is 2. The van der Waals surface area contributed by atoms with Gasteiger partial charge in [0, 0.05) is 19.5 Å². The fourth-order valence-electron chi connectivity index (χ4n) is 1.44. The van der Waals surface area contributed by atoms with Crippen molar-refractivity contribution in [2.24, 2.45) is 0 Å². The third-order valence-corrected chi connectivity index (χ3v) is 2.04. The van der Waals surface area contributed by atoms with Crippen molar-refractivity contribution in [1.82, 2.24) is 10.4 Å². The lowest BCUT2D eigenvalue weighted by atomic mass is 10.2. The number of carbonyl (C=O) groups excluding carboxylic acids is 1. The van der Waals surface area contributed by atoms with Crippen molar-refractivity contribution >= 4 is 5.91 Å². The van der Waals surface area contributed by atoms with Crippen molar-refractivity contribution in [3.8, 4) is 0 Å². The van der Waals surface area contributed by atoms with Gasteiger partial charge in [-0.05, 0) is 12.8 Å². The summed E-state index contributed by atoms with van der Waals surface area (Å²) >= 11 is 0. The minimum atomic E-state index is 0.231. The first-order chi connectivity index (χ1) is 4.79. The Hall–Kier alpha value is -0.570. The summed E-state index contributed by atoms with van der Waals surface area (Å²) < 4.78 is 0. The van der Waals surface area contributed by atoms with Gasteiger partial charge in [0.1, 0.15) is 0 Å². The maximum atomic E-state index is 11.0. The molecule has 0 aromatic rings. The third kappa shape index (κ3) is 1.14. The molecule has 1 rings (SSSR count). The lowest BCUT2D eigenvalue weighted by molar-refractivity contribution is -0.131. The molecule has 58 valence electrons. The van der Waals surface area contributed by atoms with Crippen LogP contribution in [-0.4, -0.2) is 24.0 Å². The van der Waals surface area contributed by atoms with Gasteiger partial charge in [-0.3, -0.25) is 9.80 Å². The molecular formula is C7H14N2O. The molecule has 0 aromatic carbocycles. The number of nitrogens with zero attached hydrogens (tertiary/aromatic N) is 1. The van der Waals surface area contributed by atoms with Gasteiger partial charge in [-0.2, -0.15) is 0 Å². The first kappa shape index (κ1) is 7.54. The zero-order valence-corrected chi connectivity index (χ0v) is 6.55. The van der Waals surface area contributed by atoms with E-state index in [2.05, 4.69) is 12.3 Å². The average molecular weight is 142 g/mol. The summed E-state index contributed by atoms with van der Waals surface area (Å²) in [7, 11) is 1.80. The van der Waals surface area contributed by atoms with Crippen LogP contribution in [0, 0.1) is 0 Å². The van der Waals surface area contributed by atoms with Gasteiger partial charge < -0.3 is 0 Å². The molecular weight excluding hydrogens is 128 g/mol. The van der Waals surface area contributed by atoms with Crippen LogP contribution >= 0.6 is 0 Å². The number of hydrazine groups is 1. The maximum absolute atomic E-state index is 11.0. The van der Waals surface area contributed by atoms with Crippen molar-refractivity contribution in [2.45, 2.75) is 32.2 Å². The predicted octanol–water partition coefficient (Wildman–Crippen LogP) is 0.522. The van der Waals surface area contributed by atoms with Crippen molar-refractivity contribution in [3.05, 3.63) is 0 Å². The van der Waals surface area contributed by atoms with Crippen molar-refractivity contribution in [2.75, 3.05) is 7.05 Å². The summed E-state index contributed by atoms with van der Waals surface area (Å²) in [5.74, 6) is 0.231. The Morgan fingerprint density at radius 1 is 1.80 bits per heavy atom. The Balaban J connectivity index is 2.54. The van der Waals surface area contributed by atoms with Gasteiger partial charge in [0.2, 0.25) is 5.91 Å². The highest BCUT2D eigenvalue weighted by atomic mass is 16.2. The molecule has 0 saturated carbocycles. The molecule has 1 saturated heterocycles. The SMILES string of the molecule is CC[C@@H]1CCC(=O)N1NC. The van der Waals surface area contributed by atoms with E-state index in [1.165, 1.54) is 0 Å². The highest BCUT2D eigenvalue weighted by molar-refractivity contribution is 5.78. The van der Waals surface area contributed by atoms with Gasteiger partial charge in [0.05, 0.1) is 0 Å². The van der Waals surface area contributed by atoms with Gasteiger partial charge in [-0.1, -0.05) is 6.92 Å². The maximum Gasteiger partial charge on any atom is 0.236 e. The van der Waals surface area contributed by atoms with E-state index in [4.69, 9.17) is 0 Å². The predicted molar refractivity (Wildman–Crippen MR) is 39.2 cm³/mol. The Labute approximate surface area is 61.4 Å². The van der Waals surface area contributed by atoms with Crippen LogP contribution in [0.15, 0.2) is 0 Å². The quantitative estimate of drug-likeness (QED) is 0.609. The van der Waals surface area contributed by atoms with Crippen molar-refractivity contribution in [3.63, 3.8) is 0 Å². The molecule has 1 atom stereocenters. The molecule has 0 unspecified atom stereocenters. The largest absolute Gasteiger partial charge is 0.275 e. The third-order valence-electron chi connectivity index (χ3n) is 2.04. The zero-order valence-electron chi connectivity index (χ0n) is 6.55. The molecule has 0 spiro atoms. The lowest BCUT2D eigenvalue weighted by Crippen LogP contribution is -2.41. The fraction of sp³-hybridized carbons (Fsp3) is 0.857. The standard InChI is InChI=1S/C7H14N2O/c1-3-6-4-5-7(10)9(6)8-2/h6,8H,3-5H2,1-2H3/t6-/m1/s1.